The van der Waals surface area contributed by atoms with E-state index in [-0.39, 0.29) is 18.4 Å². The molecule has 1 aliphatic rings. The lowest BCUT2D eigenvalue weighted by Gasteiger charge is -2.06. The van der Waals surface area contributed by atoms with Crippen LogP contribution in [-0.2, 0) is 4.79 Å². The molecule has 0 radical (unpaired) electrons. The molecule has 1 aromatic heterocycles. The molecular weight excluding hydrogens is 298 g/mol. The average molecular weight is 315 g/mol. The normalized spacial score (nSPS) is 13.7. The van der Waals surface area contributed by atoms with E-state index < -0.39 is 0 Å². The van der Waals surface area contributed by atoms with Gasteiger partial charge in [0, 0.05) is 28.2 Å². The van der Waals surface area contributed by atoms with Crippen LogP contribution in [0.5, 0.6) is 0 Å². The third-order valence-corrected chi connectivity index (χ3v) is 4.35. The minimum Gasteiger partial charge on any atom is -0.352 e. The lowest BCUT2D eigenvalue weighted by Crippen LogP contribution is -2.37. The second-order valence-corrected chi connectivity index (χ2v) is 6.26. The van der Waals surface area contributed by atoms with Crippen molar-refractivity contribution in [2.45, 2.75) is 25.8 Å². The lowest BCUT2D eigenvalue weighted by atomic mass is 10.1. The van der Waals surface area contributed by atoms with Crippen molar-refractivity contribution in [3.05, 3.63) is 40.9 Å². The van der Waals surface area contributed by atoms with Gasteiger partial charge in [-0.15, -0.1) is 11.3 Å². The minimum atomic E-state index is -0.249. The number of carbonyl (C=O) groups is 2. The molecule has 0 unspecified atom stereocenters. The highest BCUT2D eigenvalue weighted by atomic mass is 32.1. The fourth-order valence-electron chi connectivity index (χ4n) is 2.05. The Morgan fingerprint density at radius 1 is 1.36 bits per heavy atom. The molecule has 0 saturated heterocycles. The number of hydrogen-bond acceptors (Lipinski definition) is 4. The first-order chi connectivity index (χ1) is 10.6. The first kappa shape index (κ1) is 14.7. The highest BCUT2D eigenvalue weighted by molar-refractivity contribution is 7.13. The van der Waals surface area contributed by atoms with Gasteiger partial charge in [-0.3, -0.25) is 9.59 Å². The van der Waals surface area contributed by atoms with E-state index in [1.807, 2.05) is 24.4 Å². The second kappa shape index (κ2) is 6.27. The maximum Gasteiger partial charge on any atom is 0.251 e. The van der Waals surface area contributed by atoms with Crippen molar-refractivity contribution in [1.29, 1.82) is 0 Å². The van der Waals surface area contributed by atoms with Crippen molar-refractivity contribution in [2.24, 2.45) is 0 Å². The molecule has 2 N–H and O–H groups in total. The zero-order valence-electron chi connectivity index (χ0n) is 12.3. The molecule has 22 heavy (non-hydrogen) atoms. The SMILES string of the molecule is Cc1csc(-c2cccc(C(=O)NCC(=O)NC3CC3)c2)n1. The fourth-order valence-corrected chi connectivity index (χ4v) is 2.84. The summed E-state index contributed by atoms with van der Waals surface area (Å²) >= 11 is 1.55. The summed E-state index contributed by atoms with van der Waals surface area (Å²) in [6.45, 7) is 1.95. The Hall–Kier alpha value is -2.21. The largest absolute Gasteiger partial charge is 0.352 e. The predicted octanol–water partition coefficient (Wildman–Crippen LogP) is 2.13. The predicted molar refractivity (Wildman–Crippen MR) is 85.8 cm³/mol. The molecule has 1 heterocycles. The summed E-state index contributed by atoms with van der Waals surface area (Å²) in [6, 6.07) is 7.59. The zero-order chi connectivity index (χ0) is 15.5. The van der Waals surface area contributed by atoms with Crippen molar-refractivity contribution < 1.29 is 9.59 Å². The molecule has 114 valence electrons. The standard InChI is InChI=1S/C16H17N3O2S/c1-10-9-22-16(18-10)12-4-2-3-11(7-12)15(21)17-8-14(20)19-13-5-6-13/h2-4,7,9,13H,5-6,8H2,1H3,(H,17,21)(H,19,20). The summed E-state index contributed by atoms with van der Waals surface area (Å²) in [4.78, 5) is 28.1. The van der Waals surface area contributed by atoms with E-state index in [9.17, 15) is 9.59 Å². The number of benzene rings is 1. The second-order valence-electron chi connectivity index (χ2n) is 5.40. The number of thiazole rings is 1. The minimum absolute atomic E-state index is 0.00984. The van der Waals surface area contributed by atoms with Gasteiger partial charge in [0.2, 0.25) is 5.91 Å². The van der Waals surface area contributed by atoms with Gasteiger partial charge in [0.25, 0.3) is 5.91 Å². The number of nitrogens with one attached hydrogen (secondary N) is 2. The summed E-state index contributed by atoms with van der Waals surface area (Å²) in [5.41, 5.74) is 2.41. The van der Waals surface area contributed by atoms with Gasteiger partial charge in [0.15, 0.2) is 0 Å². The fraction of sp³-hybridized carbons (Fsp3) is 0.312. The Morgan fingerprint density at radius 3 is 2.86 bits per heavy atom. The van der Waals surface area contributed by atoms with Crippen molar-refractivity contribution >= 4 is 23.2 Å². The smallest absolute Gasteiger partial charge is 0.251 e. The molecule has 0 atom stereocenters. The summed E-state index contributed by atoms with van der Waals surface area (Å²) in [6.07, 6.45) is 2.07. The van der Waals surface area contributed by atoms with Crippen molar-refractivity contribution in [1.82, 2.24) is 15.6 Å². The number of aromatic nitrogens is 1. The van der Waals surface area contributed by atoms with Gasteiger partial charge in [-0.2, -0.15) is 0 Å². The van der Waals surface area contributed by atoms with Crippen molar-refractivity contribution in [2.75, 3.05) is 6.54 Å². The molecule has 3 rings (SSSR count). The first-order valence-electron chi connectivity index (χ1n) is 7.22. The van der Waals surface area contributed by atoms with E-state index in [1.165, 1.54) is 0 Å². The highest BCUT2D eigenvalue weighted by Gasteiger charge is 2.23. The molecule has 1 saturated carbocycles. The Balaban J connectivity index is 1.63. The van der Waals surface area contributed by atoms with Crippen LogP contribution in [0, 0.1) is 6.92 Å². The average Bonchev–Trinajstić information content (AvgIpc) is 3.22. The first-order valence-corrected chi connectivity index (χ1v) is 8.10. The van der Waals surface area contributed by atoms with Crippen LogP contribution in [0.2, 0.25) is 0 Å². The number of nitrogens with zero attached hydrogens (tertiary/aromatic N) is 1. The summed E-state index contributed by atoms with van der Waals surface area (Å²) in [5.74, 6) is -0.386. The maximum absolute atomic E-state index is 12.1. The van der Waals surface area contributed by atoms with E-state index in [1.54, 1.807) is 23.5 Å². The van der Waals surface area contributed by atoms with Crippen LogP contribution in [0.4, 0.5) is 0 Å². The van der Waals surface area contributed by atoms with Crippen LogP contribution >= 0.6 is 11.3 Å². The Kier molecular flexibility index (Phi) is 4.20. The molecule has 2 amide bonds. The topological polar surface area (TPSA) is 71.1 Å². The summed E-state index contributed by atoms with van der Waals surface area (Å²) in [5, 5.41) is 8.35. The molecule has 1 aliphatic carbocycles. The van der Waals surface area contributed by atoms with Crippen LogP contribution in [-0.4, -0.2) is 29.4 Å². The summed E-state index contributed by atoms with van der Waals surface area (Å²) < 4.78 is 0. The molecule has 0 spiro atoms. The van der Waals surface area contributed by atoms with Crippen LogP contribution in [0.25, 0.3) is 10.6 Å². The van der Waals surface area contributed by atoms with Crippen molar-refractivity contribution in [3.63, 3.8) is 0 Å². The molecule has 0 aliphatic heterocycles. The van der Waals surface area contributed by atoms with Crippen LogP contribution in [0.1, 0.15) is 28.9 Å². The van der Waals surface area contributed by atoms with Gasteiger partial charge in [-0.05, 0) is 31.9 Å². The van der Waals surface area contributed by atoms with Gasteiger partial charge in [0.1, 0.15) is 5.01 Å². The number of aryl methyl sites for hydroxylation is 1. The molecule has 6 heteroatoms. The molecule has 2 aromatic rings. The monoisotopic (exact) mass is 315 g/mol. The lowest BCUT2D eigenvalue weighted by molar-refractivity contribution is -0.120. The quantitative estimate of drug-likeness (QED) is 0.888. The van der Waals surface area contributed by atoms with Crippen LogP contribution in [0.15, 0.2) is 29.6 Å². The van der Waals surface area contributed by atoms with Crippen molar-refractivity contribution in [3.8, 4) is 10.6 Å². The molecule has 1 fully saturated rings. The van der Waals surface area contributed by atoms with Crippen LogP contribution in [0.3, 0.4) is 0 Å². The maximum atomic E-state index is 12.1. The van der Waals surface area contributed by atoms with E-state index in [4.69, 9.17) is 0 Å². The van der Waals surface area contributed by atoms with E-state index >= 15 is 0 Å². The van der Waals surface area contributed by atoms with E-state index in [0.29, 0.717) is 11.6 Å². The molecule has 0 bridgehead atoms. The summed E-state index contributed by atoms with van der Waals surface area (Å²) in [7, 11) is 0. The zero-order valence-corrected chi connectivity index (χ0v) is 13.1. The Labute approximate surface area is 132 Å². The Morgan fingerprint density at radius 2 is 2.18 bits per heavy atom. The van der Waals surface area contributed by atoms with E-state index in [2.05, 4.69) is 15.6 Å². The third-order valence-electron chi connectivity index (χ3n) is 3.34. The molecule has 5 nitrogen and oxygen atoms in total. The Bertz CT molecular complexity index is 707. The van der Waals surface area contributed by atoms with Gasteiger partial charge >= 0.3 is 0 Å². The van der Waals surface area contributed by atoms with Crippen LogP contribution < -0.4 is 10.6 Å². The molecular formula is C16H17N3O2S. The van der Waals surface area contributed by atoms with Gasteiger partial charge in [-0.25, -0.2) is 4.98 Å². The number of carbonyl (C=O) groups excluding carboxylic acids is 2. The van der Waals surface area contributed by atoms with Gasteiger partial charge in [-0.1, -0.05) is 12.1 Å². The third kappa shape index (κ3) is 3.71. The number of amides is 2. The highest BCUT2D eigenvalue weighted by Crippen LogP contribution is 2.24. The van der Waals surface area contributed by atoms with E-state index in [0.717, 1.165) is 29.1 Å². The number of rotatable bonds is 5. The van der Waals surface area contributed by atoms with Gasteiger partial charge in [0.05, 0.1) is 6.54 Å². The molecule has 1 aromatic carbocycles. The number of hydrogen-bond donors (Lipinski definition) is 2. The van der Waals surface area contributed by atoms with Gasteiger partial charge < -0.3 is 10.6 Å².